The van der Waals surface area contributed by atoms with Gasteiger partial charge in [0, 0.05) is 0 Å². The van der Waals surface area contributed by atoms with Crippen molar-refractivity contribution in [1.29, 1.82) is 0 Å². The Morgan fingerprint density at radius 1 is 1.17 bits per heavy atom. The molecule has 1 aliphatic carbocycles. The van der Waals surface area contributed by atoms with Crippen molar-refractivity contribution in [2.24, 2.45) is 5.92 Å². The predicted molar refractivity (Wildman–Crippen MR) is 52.1 cm³/mol. The van der Waals surface area contributed by atoms with Crippen LogP contribution in [0.5, 0.6) is 0 Å². The first-order chi connectivity index (χ1) is 5.84. The topological polar surface area (TPSA) is 20.2 Å². The first kappa shape index (κ1) is 10.0. The number of hydrogen-bond donors (Lipinski definition) is 1. The van der Waals surface area contributed by atoms with E-state index in [2.05, 4.69) is 6.92 Å². The second-order valence-corrected chi connectivity index (χ2v) is 4.11. The normalized spacial score (nSPS) is 19.5. The highest BCUT2D eigenvalue weighted by Crippen LogP contribution is 2.34. The molecule has 0 aromatic carbocycles. The minimum absolute atomic E-state index is 0.0339. The maximum atomic E-state index is 9.55. The Hall–Kier alpha value is -0.0400. The summed E-state index contributed by atoms with van der Waals surface area (Å²) in [5.41, 5.74) is 0. The quantitative estimate of drug-likeness (QED) is 0.582. The van der Waals surface area contributed by atoms with Crippen molar-refractivity contribution in [1.82, 2.24) is 0 Å². The fourth-order valence-corrected chi connectivity index (χ4v) is 1.67. The second kappa shape index (κ2) is 5.58. The van der Waals surface area contributed by atoms with E-state index in [0.717, 1.165) is 6.42 Å². The van der Waals surface area contributed by atoms with Crippen molar-refractivity contribution >= 4 is 0 Å². The average Bonchev–Trinajstić information content (AvgIpc) is 2.86. The molecule has 1 heteroatoms. The molecule has 1 N–H and O–H groups in total. The van der Waals surface area contributed by atoms with Crippen molar-refractivity contribution in [2.45, 2.75) is 64.4 Å². The third-order valence-electron chi connectivity index (χ3n) is 2.77. The number of aliphatic hydroxyl groups excluding tert-OH is 1. The fraction of sp³-hybridized carbons (Fsp3) is 1.00. The van der Waals surface area contributed by atoms with Gasteiger partial charge >= 0.3 is 0 Å². The molecule has 0 aliphatic heterocycles. The number of unbranched alkanes of at least 4 members (excludes halogenated alkanes) is 4. The molecular formula is C11H22O. The second-order valence-electron chi connectivity index (χ2n) is 4.11. The summed E-state index contributed by atoms with van der Waals surface area (Å²) >= 11 is 0. The molecule has 0 amide bonds. The van der Waals surface area contributed by atoms with Crippen molar-refractivity contribution in [3.05, 3.63) is 0 Å². The molecule has 0 bridgehead atoms. The van der Waals surface area contributed by atoms with Gasteiger partial charge in [-0.2, -0.15) is 0 Å². The summed E-state index contributed by atoms with van der Waals surface area (Å²) in [6, 6.07) is 0. The number of aliphatic hydroxyl groups is 1. The smallest absolute Gasteiger partial charge is 0.0568 e. The summed E-state index contributed by atoms with van der Waals surface area (Å²) in [7, 11) is 0. The largest absolute Gasteiger partial charge is 0.393 e. The maximum Gasteiger partial charge on any atom is 0.0568 e. The van der Waals surface area contributed by atoms with Gasteiger partial charge in [0.15, 0.2) is 0 Å². The average molecular weight is 170 g/mol. The molecule has 12 heavy (non-hydrogen) atoms. The van der Waals surface area contributed by atoms with E-state index in [0.29, 0.717) is 5.92 Å². The fourth-order valence-electron chi connectivity index (χ4n) is 1.67. The first-order valence-electron chi connectivity index (χ1n) is 5.52. The summed E-state index contributed by atoms with van der Waals surface area (Å²) < 4.78 is 0. The van der Waals surface area contributed by atoms with Crippen molar-refractivity contribution in [3.8, 4) is 0 Å². The van der Waals surface area contributed by atoms with Crippen LogP contribution in [0, 0.1) is 5.92 Å². The molecular weight excluding hydrogens is 148 g/mol. The van der Waals surface area contributed by atoms with Gasteiger partial charge < -0.3 is 5.11 Å². The van der Waals surface area contributed by atoms with Crippen LogP contribution < -0.4 is 0 Å². The van der Waals surface area contributed by atoms with Crippen LogP contribution in [-0.2, 0) is 0 Å². The Kier molecular flexibility index (Phi) is 4.67. The molecule has 0 heterocycles. The number of rotatable bonds is 7. The van der Waals surface area contributed by atoms with Gasteiger partial charge in [-0.15, -0.1) is 0 Å². The number of hydrogen-bond acceptors (Lipinski definition) is 1. The van der Waals surface area contributed by atoms with Gasteiger partial charge in [0.1, 0.15) is 0 Å². The van der Waals surface area contributed by atoms with Crippen molar-refractivity contribution < 1.29 is 5.11 Å². The highest BCUT2D eigenvalue weighted by atomic mass is 16.3. The van der Waals surface area contributed by atoms with Gasteiger partial charge in [0.05, 0.1) is 6.10 Å². The molecule has 1 aliphatic rings. The lowest BCUT2D eigenvalue weighted by Gasteiger charge is -2.07. The van der Waals surface area contributed by atoms with Crippen LogP contribution in [-0.4, -0.2) is 11.2 Å². The van der Waals surface area contributed by atoms with E-state index in [1.165, 1.54) is 44.9 Å². The van der Waals surface area contributed by atoms with E-state index in [4.69, 9.17) is 0 Å². The van der Waals surface area contributed by atoms with Gasteiger partial charge in [0.25, 0.3) is 0 Å². The van der Waals surface area contributed by atoms with Gasteiger partial charge in [0.2, 0.25) is 0 Å². The van der Waals surface area contributed by atoms with Crippen LogP contribution in [0.25, 0.3) is 0 Å². The Morgan fingerprint density at radius 3 is 2.42 bits per heavy atom. The van der Waals surface area contributed by atoms with E-state index < -0.39 is 0 Å². The summed E-state index contributed by atoms with van der Waals surface area (Å²) in [4.78, 5) is 0. The zero-order valence-corrected chi connectivity index (χ0v) is 8.26. The van der Waals surface area contributed by atoms with Crippen LogP contribution in [0.2, 0.25) is 0 Å². The summed E-state index contributed by atoms with van der Waals surface area (Å²) in [5.74, 6) is 0.677. The van der Waals surface area contributed by atoms with E-state index in [1.807, 2.05) is 0 Å². The van der Waals surface area contributed by atoms with E-state index in [1.54, 1.807) is 0 Å². The molecule has 1 saturated carbocycles. The molecule has 0 spiro atoms. The highest BCUT2D eigenvalue weighted by molar-refractivity contribution is 4.80. The zero-order chi connectivity index (χ0) is 8.81. The van der Waals surface area contributed by atoms with Crippen molar-refractivity contribution in [2.75, 3.05) is 0 Å². The van der Waals surface area contributed by atoms with E-state index >= 15 is 0 Å². The molecule has 0 radical (unpaired) electrons. The van der Waals surface area contributed by atoms with Crippen molar-refractivity contribution in [3.63, 3.8) is 0 Å². The van der Waals surface area contributed by atoms with Crippen LogP contribution >= 0.6 is 0 Å². The van der Waals surface area contributed by atoms with Gasteiger partial charge in [-0.3, -0.25) is 0 Å². The Balaban J connectivity index is 1.81. The molecule has 1 rings (SSSR count). The Bertz CT molecular complexity index is 108. The molecule has 1 fully saturated rings. The van der Waals surface area contributed by atoms with Gasteiger partial charge in [-0.25, -0.2) is 0 Å². The maximum absolute atomic E-state index is 9.55. The first-order valence-corrected chi connectivity index (χ1v) is 5.52. The third-order valence-corrected chi connectivity index (χ3v) is 2.77. The summed E-state index contributed by atoms with van der Waals surface area (Å²) in [6.45, 7) is 2.24. The predicted octanol–water partition coefficient (Wildman–Crippen LogP) is 3.12. The summed E-state index contributed by atoms with van der Waals surface area (Å²) in [5, 5.41) is 9.55. The molecule has 1 nitrogen and oxygen atoms in total. The zero-order valence-electron chi connectivity index (χ0n) is 8.26. The minimum Gasteiger partial charge on any atom is -0.393 e. The van der Waals surface area contributed by atoms with Crippen LogP contribution in [0.4, 0.5) is 0 Å². The standard InChI is InChI=1S/C11H22O/c1-2-3-4-5-6-7-11(12)10-8-9-10/h10-12H,2-9H2,1H3/t11-/m0/s1. The molecule has 72 valence electrons. The Labute approximate surface area is 76.2 Å². The minimum atomic E-state index is 0.0339. The van der Waals surface area contributed by atoms with Crippen LogP contribution in [0.15, 0.2) is 0 Å². The Morgan fingerprint density at radius 2 is 1.83 bits per heavy atom. The molecule has 0 unspecified atom stereocenters. The monoisotopic (exact) mass is 170 g/mol. The molecule has 0 aromatic heterocycles. The lowest BCUT2D eigenvalue weighted by molar-refractivity contribution is 0.138. The van der Waals surface area contributed by atoms with Gasteiger partial charge in [-0.05, 0) is 25.2 Å². The third kappa shape index (κ3) is 4.10. The SMILES string of the molecule is CCCCCCC[C@H](O)C1CC1. The summed E-state index contributed by atoms with van der Waals surface area (Å²) in [6.07, 6.45) is 10.2. The van der Waals surface area contributed by atoms with Crippen LogP contribution in [0.3, 0.4) is 0 Å². The molecule has 0 saturated heterocycles. The molecule has 0 aromatic rings. The molecule has 1 atom stereocenters. The lowest BCUT2D eigenvalue weighted by Crippen LogP contribution is -2.08. The van der Waals surface area contributed by atoms with Gasteiger partial charge in [-0.1, -0.05) is 39.0 Å². The lowest BCUT2D eigenvalue weighted by atomic mass is 10.1. The highest BCUT2D eigenvalue weighted by Gasteiger charge is 2.28. The van der Waals surface area contributed by atoms with Crippen LogP contribution in [0.1, 0.15) is 58.3 Å². The van der Waals surface area contributed by atoms with E-state index in [-0.39, 0.29) is 6.10 Å². The van der Waals surface area contributed by atoms with E-state index in [9.17, 15) is 5.11 Å².